The van der Waals surface area contributed by atoms with Crippen molar-refractivity contribution in [3.05, 3.63) is 108 Å². The van der Waals surface area contributed by atoms with Gasteiger partial charge in [0.15, 0.2) is 0 Å². The fourth-order valence-corrected chi connectivity index (χ4v) is 5.81. The number of nitrogens with one attached hydrogen (secondary N) is 1. The van der Waals surface area contributed by atoms with Gasteiger partial charge in [-0.25, -0.2) is 4.68 Å². The minimum Gasteiger partial charge on any atom is -0.308 e. The van der Waals surface area contributed by atoms with Gasteiger partial charge in [0.25, 0.3) is 0 Å². The van der Waals surface area contributed by atoms with Crippen molar-refractivity contribution in [2.45, 2.75) is 26.2 Å². The van der Waals surface area contributed by atoms with Crippen LogP contribution in [0.25, 0.3) is 16.9 Å². The van der Waals surface area contributed by atoms with E-state index in [4.69, 9.17) is 14.1 Å². The third kappa shape index (κ3) is 5.54. The van der Waals surface area contributed by atoms with Crippen LogP contribution in [0.15, 0.2) is 97.2 Å². The molecule has 0 aliphatic heterocycles. The van der Waals surface area contributed by atoms with Gasteiger partial charge in [-0.3, -0.25) is 9.88 Å². The molecule has 1 N–H and O–H groups in total. The molecule has 1 heterocycles. The van der Waals surface area contributed by atoms with E-state index in [0.29, 0.717) is 6.54 Å². The van der Waals surface area contributed by atoms with E-state index < -0.39 is 13.4 Å². The lowest BCUT2D eigenvalue weighted by molar-refractivity contribution is 0.207. The van der Waals surface area contributed by atoms with Crippen molar-refractivity contribution in [2.75, 3.05) is 13.2 Å². The van der Waals surface area contributed by atoms with E-state index >= 15 is 0 Å². The Bertz CT molecular complexity index is 1200. The number of hydrogen-bond acceptors (Lipinski definition) is 5. The standard InChI is InChI=1S/C27H30N3O3P/c1-3-32-34(31,33-4-2)27(28-20-22-14-8-5-9-15-22)25-21-30(24-18-12-7-13-19-24)29-26(25)23-16-10-6-11-17-23/h5-19,21,27-28H,3-4,20H2,1-2H3/t27-/m1/s1. The third-order valence-electron chi connectivity index (χ3n) is 5.38. The molecule has 0 bridgehead atoms. The molecule has 0 saturated heterocycles. The van der Waals surface area contributed by atoms with E-state index in [9.17, 15) is 4.57 Å². The number of rotatable bonds is 11. The summed E-state index contributed by atoms with van der Waals surface area (Å²) >= 11 is 0. The van der Waals surface area contributed by atoms with Gasteiger partial charge in [0.2, 0.25) is 0 Å². The number of benzene rings is 3. The van der Waals surface area contributed by atoms with Gasteiger partial charge in [-0.1, -0.05) is 78.9 Å². The predicted molar refractivity (Wildman–Crippen MR) is 136 cm³/mol. The minimum absolute atomic E-state index is 0.272. The zero-order valence-corrected chi connectivity index (χ0v) is 20.4. The van der Waals surface area contributed by atoms with Crippen LogP contribution in [0.1, 0.15) is 30.8 Å². The van der Waals surface area contributed by atoms with Crippen LogP contribution in [-0.2, 0) is 20.2 Å². The maximum Gasteiger partial charge on any atom is 0.352 e. The van der Waals surface area contributed by atoms with Crippen molar-refractivity contribution in [1.82, 2.24) is 15.1 Å². The summed E-state index contributed by atoms with van der Waals surface area (Å²) in [5, 5.41) is 8.38. The quantitative estimate of drug-likeness (QED) is 0.248. The van der Waals surface area contributed by atoms with Gasteiger partial charge in [0.05, 0.1) is 24.6 Å². The second kappa shape index (κ2) is 11.4. The van der Waals surface area contributed by atoms with Crippen LogP contribution >= 0.6 is 7.60 Å². The van der Waals surface area contributed by atoms with Gasteiger partial charge in [-0.05, 0) is 31.5 Å². The molecule has 0 saturated carbocycles. The summed E-state index contributed by atoms with van der Waals surface area (Å²) in [5.74, 6) is -0.708. The largest absolute Gasteiger partial charge is 0.352 e. The molecule has 0 fully saturated rings. The van der Waals surface area contributed by atoms with Gasteiger partial charge in [0.1, 0.15) is 5.78 Å². The topological polar surface area (TPSA) is 65.4 Å². The van der Waals surface area contributed by atoms with Crippen LogP contribution in [-0.4, -0.2) is 23.0 Å². The Labute approximate surface area is 201 Å². The maximum absolute atomic E-state index is 14.1. The molecule has 34 heavy (non-hydrogen) atoms. The summed E-state index contributed by atoms with van der Waals surface area (Å²) < 4.78 is 27.6. The molecular formula is C27H30N3O3P. The maximum atomic E-state index is 14.1. The van der Waals surface area contributed by atoms with Crippen LogP contribution < -0.4 is 5.32 Å². The zero-order chi connectivity index (χ0) is 23.8. The monoisotopic (exact) mass is 475 g/mol. The van der Waals surface area contributed by atoms with E-state index in [1.54, 1.807) is 0 Å². The Morgan fingerprint density at radius 3 is 2.00 bits per heavy atom. The van der Waals surface area contributed by atoms with E-state index in [-0.39, 0.29) is 13.2 Å². The summed E-state index contributed by atoms with van der Waals surface area (Å²) in [5.41, 5.74) is 4.41. The minimum atomic E-state index is -3.58. The van der Waals surface area contributed by atoms with E-state index in [1.165, 1.54) is 0 Å². The fourth-order valence-electron chi connectivity index (χ4n) is 3.87. The Kier molecular flexibility index (Phi) is 8.09. The summed E-state index contributed by atoms with van der Waals surface area (Å²) in [6.45, 7) is 4.69. The van der Waals surface area contributed by atoms with Crippen molar-refractivity contribution in [3.8, 4) is 16.9 Å². The number of hydrogen-bond donors (Lipinski definition) is 1. The second-order valence-electron chi connectivity index (χ2n) is 7.72. The van der Waals surface area contributed by atoms with Crippen LogP contribution in [0.4, 0.5) is 0 Å². The molecule has 6 nitrogen and oxygen atoms in total. The normalized spacial score (nSPS) is 12.5. The molecular weight excluding hydrogens is 445 g/mol. The summed E-state index contributed by atoms with van der Waals surface area (Å²) in [4.78, 5) is 0. The lowest BCUT2D eigenvalue weighted by atomic mass is 10.1. The molecule has 1 aromatic heterocycles. The first-order valence-electron chi connectivity index (χ1n) is 11.5. The fraction of sp³-hybridized carbons (Fsp3) is 0.222. The average molecular weight is 476 g/mol. The SMILES string of the molecule is CCOP(=O)(OCC)[C@@H](NCc1ccccc1)c1cn(-c2ccccc2)nc1-c1ccccc1. The number of nitrogens with zero attached hydrogens (tertiary/aromatic N) is 2. The Balaban J connectivity index is 1.84. The van der Waals surface area contributed by atoms with Gasteiger partial charge in [-0.15, -0.1) is 0 Å². The first-order chi connectivity index (χ1) is 16.6. The van der Waals surface area contributed by atoms with Crippen molar-refractivity contribution < 1.29 is 13.6 Å². The highest BCUT2D eigenvalue weighted by molar-refractivity contribution is 7.54. The molecule has 176 valence electrons. The molecule has 7 heteroatoms. The predicted octanol–water partition coefficient (Wildman–Crippen LogP) is 6.59. The molecule has 0 aliphatic rings. The highest BCUT2D eigenvalue weighted by atomic mass is 31.2. The Morgan fingerprint density at radius 1 is 0.853 bits per heavy atom. The van der Waals surface area contributed by atoms with Gasteiger partial charge in [0, 0.05) is 23.9 Å². The average Bonchev–Trinajstić information content (AvgIpc) is 3.31. The third-order valence-corrected chi connectivity index (χ3v) is 7.71. The van der Waals surface area contributed by atoms with Crippen molar-refractivity contribution >= 4 is 7.60 Å². The molecule has 4 aromatic rings. The van der Waals surface area contributed by atoms with Crippen LogP contribution in [0.3, 0.4) is 0 Å². The van der Waals surface area contributed by atoms with E-state index in [2.05, 4.69) is 5.32 Å². The first-order valence-corrected chi connectivity index (χ1v) is 13.1. The van der Waals surface area contributed by atoms with Crippen molar-refractivity contribution in [3.63, 3.8) is 0 Å². The van der Waals surface area contributed by atoms with Crippen LogP contribution in [0, 0.1) is 0 Å². The Morgan fingerprint density at radius 2 is 1.41 bits per heavy atom. The van der Waals surface area contributed by atoms with Gasteiger partial charge < -0.3 is 9.05 Å². The van der Waals surface area contributed by atoms with Crippen LogP contribution in [0.2, 0.25) is 0 Å². The van der Waals surface area contributed by atoms with Crippen molar-refractivity contribution in [2.24, 2.45) is 0 Å². The number of aromatic nitrogens is 2. The summed E-state index contributed by atoms with van der Waals surface area (Å²) in [7, 11) is -3.58. The van der Waals surface area contributed by atoms with Gasteiger partial charge in [-0.2, -0.15) is 5.10 Å². The van der Waals surface area contributed by atoms with E-state index in [0.717, 1.165) is 28.1 Å². The van der Waals surface area contributed by atoms with Crippen molar-refractivity contribution in [1.29, 1.82) is 0 Å². The summed E-state index contributed by atoms with van der Waals surface area (Å²) in [6.07, 6.45) is 1.92. The highest BCUT2D eigenvalue weighted by Gasteiger charge is 2.39. The smallest absolute Gasteiger partial charge is 0.308 e. The molecule has 3 aromatic carbocycles. The molecule has 0 radical (unpaired) electrons. The Hall–Kier alpha value is -3.02. The molecule has 0 unspecified atom stereocenters. The van der Waals surface area contributed by atoms with Gasteiger partial charge >= 0.3 is 7.60 Å². The summed E-state index contributed by atoms with van der Waals surface area (Å²) in [6, 6.07) is 29.8. The lowest BCUT2D eigenvalue weighted by Crippen LogP contribution is -2.23. The highest BCUT2D eigenvalue weighted by Crippen LogP contribution is 2.60. The first kappa shape index (κ1) is 24.1. The molecule has 4 rings (SSSR count). The van der Waals surface area contributed by atoms with Crippen LogP contribution in [0.5, 0.6) is 0 Å². The lowest BCUT2D eigenvalue weighted by Gasteiger charge is -2.27. The molecule has 0 amide bonds. The number of para-hydroxylation sites is 1. The zero-order valence-electron chi connectivity index (χ0n) is 19.5. The van der Waals surface area contributed by atoms with E-state index in [1.807, 2.05) is 116 Å². The molecule has 0 spiro atoms. The molecule has 0 aliphatic carbocycles. The second-order valence-corrected chi connectivity index (χ2v) is 9.84. The molecule has 1 atom stereocenters.